The number of anilines is 5. The van der Waals surface area contributed by atoms with E-state index in [-0.39, 0.29) is 10.8 Å². The van der Waals surface area contributed by atoms with Crippen LogP contribution in [0.15, 0.2) is 199 Å². The van der Waals surface area contributed by atoms with Gasteiger partial charge >= 0.3 is 0 Å². The van der Waals surface area contributed by atoms with Crippen LogP contribution in [0.25, 0.3) is 43.5 Å². The molecule has 0 heterocycles. The van der Waals surface area contributed by atoms with Gasteiger partial charge in [0.15, 0.2) is 0 Å². The number of nitrogens with zero attached hydrogens (tertiary/aromatic N) is 2. The van der Waals surface area contributed by atoms with Gasteiger partial charge in [-0.1, -0.05) is 149 Å². The normalized spacial score (nSPS) is 16.9. The Morgan fingerprint density at radius 2 is 1.00 bits per heavy atom. The smallest absolute Gasteiger partial charge is 0.0543 e. The van der Waals surface area contributed by atoms with Gasteiger partial charge < -0.3 is 9.80 Å². The number of hydrogen-bond acceptors (Lipinski definition) is 2. The Hall–Kier alpha value is -6.90. The molecule has 0 bridgehead atoms. The molecule has 2 heteroatoms. The third-order valence-corrected chi connectivity index (χ3v) is 14.5. The predicted octanol–water partition coefficient (Wildman–Crippen LogP) is 16.6. The van der Waals surface area contributed by atoms with Gasteiger partial charge in [0.1, 0.15) is 0 Å². The fourth-order valence-corrected chi connectivity index (χ4v) is 11.7. The van der Waals surface area contributed by atoms with Crippen LogP contribution in [0.5, 0.6) is 0 Å². The minimum absolute atomic E-state index is 0.184. The predicted molar refractivity (Wildman–Crippen MR) is 264 cm³/mol. The lowest BCUT2D eigenvalue weighted by atomic mass is 9.68. The molecule has 0 saturated carbocycles. The highest BCUT2D eigenvalue weighted by atomic mass is 15.2. The summed E-state index contributed by atoms with van der Waals surface area (Å²) in [7, 11) is 0. The first-order chi connectivity index (χ1) is 30.3. The molecule has 0 N–H and O–H groups in total. The number of hydrogen-bond donors (Lipinski definition) is 0. The molecule has 4 aliphatic rings. The van der Waals surface area contributed by atoms with E-state index >= 15 is 0 Å². The van der Waals surface area contributed by atoms with Crippen molar-refractivity contribution >= 4 is 71.9 Å². The summed E-state index contributed by atoms with van der Waals surface area (Å²) in [6.45, 7) is 9.99. The summed E-state index contributed by atoms with van der Waals surface area (Å²) >= 11 is 0. The maximum Gasteiger partial charge on any atom is 0.0543 e. The van der Waals surface area contributed by atoms with Gasteiger partial charge in [-0.2, -0.15) is 0 Å². The Morgan fingerprint density at radius 1 is 0.435 bits per heavy atom. The van der Waals surface area contributed by atoms with Crippen LogP contribution in [0, 0.1) is 0 Å². The molecule has 2 nitrogen and oxygen atoms in total. The molecule has 0 aromatic heterocycles. The van der Waals surface area contributed by atoms with Crippen LogP contribution in [-0.2, 0) is 10.8 Å². The molecule has 8 aromatic rings. The van der Waals surface area contributed by atoms with E-state index in [1.165, 1.54) is 83.0 Å². The average Bonchev–Trinajstić information content (AvgIpc) is 3.68. The number of rotatable bonds is 6. The van der Waals surface area contributed by atoms with E-state index in [2.05, 4.69) is 220 Å². The van der Waals surface area contributed by atoms with Crippen molar-refractivity contribution in [1.82, 2.24) is 0 Å². The summed E-state index contributed by atoms with van der Waals surface area (Å²) in [6, 6.07) is 61.3. The van der Waals surface area contributed by atoms with E-state index in [1.807, 2.05) is 0 Å². The lowest BCUT2D eigenvalue weighted by Crippen LogP contribution is -2.28. The topological polar surface area (TPSA) is 6.48 Å². The molecule has 0 saturated heterocycles. The zero-order valence-corrected chi connectivity index (χ0v) is 36.0. The molecular formula is C60H50N2. The van der Waals surface area contributed by atoms with Gasteiger partial charge in [-0.3, -0.25) is 0 Å². The largest absolute Gasteiger partial charge is 0.314 e. The Morgan fingerprint density at radius 3 is 1.69 bits per heavy atom. The van der Waals surface area contributed by atoms with E-state index < -0.39 is 0 Å². The Bertz CT molecular complexity index is 3300. The first-order valence-electron chi connectivity index (χ1n) is 22.5. The van der Waals surface area contributed by atoms with E-state index in [4.69, 9.17) is 0 Å². The molecule has 0 amide bonds. The highest BCUT2D eigenvalue weighted by Gasteiger charge is 2.50. The molecule has 8 aromatic carbocycles. The van der Waals surface area contributed by atoms with Crippen molar-refractivity contribution in [2.45, 2.75) is 64.2 Å². The molecule has 62 heavy (non-hydrogen) atoms. The lowest BCUT2D eigenvalue weighted by molar-refractivity contribution is 0.579. The molecule has 0 aliphatic heterocycles. The maximum absolute atomic E-state index is 2.55. The van der Waals surface area contributed by atoms with Crippen molar-refractivity contribution in [3.05, 3.63) is 221 Å². The quantitative estimate of drug-likeness (QED) is 0.165. The van der Waals surface area contributed by atoms with Crippen molar-refractivity contribution in [3.63, 3.8) is 0 Å². The van der Waals surface area contributed by atoms with E-state index in [0.29, 0.717) is 0 Å². The van der Waals surface area contributed by atoms with Crippen LogP contribution in [-0.4, -0.2) is 0 Å². The third kappa shape index (κ3) is 5.49. The van der Waals surface area contributed by atoms with E-state index in [0.717, 1.165) is 31.4 Å². The third-order valence-electron chi connectivity index (χ3n) is 14.5. The van der Waals surface area contributed by atoms with Crippen molar-refractivity contribution in [2.75, 3.05) is 9.80 Å². The molecule has 0 unspecified atom stereocenters. The molecule has 300 valence electrons. The van der Waals surface area contributed by atoms with Crippen LogP contribution >= 0.6 is 0 Å². The second kappa shape index (κ2) is 13.8. The zero-order chi connectivity index (χ0) is 41.7. The highest BCUT2D eigenvalue weighted by molar-refractivity contribution is 6.10. The van der Waals surface area contributed by atoms with Crippen molar-refractivity contribution < 1.29 is 0 Å². The first kappa shape index (κ1) is 36.9. The average molecular weight is 799 g/mol. The van der Waals surface area contributed by atoms with Crippen molar-refractivity contribution in [2.24, 2.45) is 0 Å². The lowest BCUT2D eigenvalue weighted by Gasteiger charge is -2.36. The van der Waals surface area contributed by atoms with Gasteiger partial charge in [0.05, 0.1) is 5.69 Å². The van der Waals surface area contributed by atoms with Gasteiger partial charge in [-0.15, -0.1) is 0 Å². The molecule has 4 aliphatic carbocycles. The minimum Gasteiger partial charge on any atom is -0.314 e. The van der Waals surface area contributed by atoms with Gasteiger partial charge in [-0.05, 0) is 158 Å². The monoisotopic (exact) mass is 798 g/mol. The van der Waals surface area contributed by atoms with Gasteiger partial charge in [0.25, 0.3) is 0 Å². The standard InChI is InChI=1S/C60H50N2/c1-59(2)53-37-47(61(43-21-7-5-8-22-43)45-29-27-39-17-11-13-19-41(39)35-45)31-32-48(53)51-33-34-52-56-50-26-16-15-25-49(50)55(38-54(56)60(3,4)58(52)57(51)59)62(44-23-9-6-10-24-44)46-30-28-40-18-12-14-20-42(40)36-46/h5-7,9-21,23-32,35-38H,8,22,33-34H2,1-4H3. The van der Waals surface area contributed by atoms with Gasteiger partial charge in [0, 0.05) is 44.7 Å². The molecule has 0 radical (unpaired) electrons. The van der Waals surface area contributed by atoms with Crippen LogP contribution in [0.1, 0.15) is 75.6 Å². The number of allylic oxidation sites excluding steroid dienone is 8. The summed E-state index contributed by atoms with van der Waals surface area (Å²) in [5, 5.41) is 7.66. The SMILES string of the molecule is CC1(C)C2=C(CCC3=C2C(C)(C)c2cc(N(c4ccccc4)c4ccc5ccccc5c4)c4ccccc4c23)c2ccc(N(C3=CC=CCC3)c3ccc4ccccc4c3)cc21. The van der Waals surface area contributed by atoms with E-state index in [1.54, 1.807) is 22.3 Å². The number of fused-ring (bicyclic) bond motifs is 9. The Balaban J connectivity index is 1.00. The summed E-state index contributed by atoms with van der Waals surface area (Å²) in [4.78, 5) is 5.01. The summed E-state index contributed by atoms with van der Waals surface area (Å²) in [5.74, 6) is 0. The molecule has 0 atom stereocenters. The highest BCUT2D eigenvalue weighted by Crippen LogP contribution is 2.64. The van der Waals surface area contributed by atoms with E-state index in [9.17, 15) is 0 Å². The summed E-state index contributed by atoms with van der Waals surface area (Å²) in [5.41, 5.74) is 18.9. The molecule has 0 spiro atoms. The Kier molecular flexibility index (Phi) is 8.22. The molecular weight excluding hydrogens is 749 g/mol. The second-order valence-electron chi connectivity index (χ2n) is 18.7. The van der Waals surface area contributed by atoms with Gasteiger partial charge in [-0.25, -0.2) is 0 Å². The first-order valence-corrected chi connectivity index (χ1v) is 22.5. The van der Waals surface area contributed by atoms with Crippen LogP contribution in [0.4, 0.5) is 28.4 Å². The molecule has 0 fully saturated rings. The minimum atomic E-state index is -0.214. The van der Waals surface area contributed by atoms with Crippen LogP contribution in [0.3, 0.4) is 0 Å². The number of benzene rings is 8. The zero-order valence-electron chi connectivity index (χ0n) is 36.0. The second-order valence-corrected chi connectivity index (χ2v) is 18.7. The van der Waals surface area contributed by atoms with Gasteiger partial charge in [0.2, 0.25) is 0 Å². The van der Waals surface area contributed by atoms with Crippen molar-refractivity contribution in [1.29, 1.82) is 0 Å². The fraction of sp³-hybridized carbons (Fsp3) is 0.167. The Labute approximate surface area is 365 Å². The van der Waals surface area contributed by atoms with Crippen LogP contribution in [0.2, 0.25) is 0 Å². The summed E-state index contributed by atoms with van der Waals surface area (Å²) in [6.07, 6.45) is 11.0. The summed E-state index contributed by atoms with van der Waals surface area (Å²) < 4.78 is 0. The van der Waals surface area contributed by atoms with Crippen molar-refractivity contribution in [3.8, 4) is 0 Å². The maximum atomic E-state index is 2.55. The van der Waals surface area contributed by atoms with Crippen LogP contribution < -0.4 is 9.80 Å². The number of para-hydroxylation sites is 1. The molecule has 12 rings (SSSR count). The fourth-order valence-electron chi connectivity index (χ4n) is 11.7.